The number of nitrogens with one attached hydrogen (secondary N) is 1. The van der Waals surface area contributed by atoms with Gasteiger partial charge in [-0.2, -0.15) is 0 Å². The summed E-state index contributed by atoms with van der Waals surface area (Å²) in [6, 6.07) is 13.4. The predicted molar refractivity (Wildman–Crippen MR) is 101 cm³/mol. The van der Waals surface area contributed by atoms with Crippen LogP contribution in [0.15, 0.2) is 42.5 Å². The van der Waals surface area contributed by atoms with E-state index in [0.29, 0.717) is 23.8 Å². The molecule has 0 unspecified atom stereocenters. The van der Waals surface area contributed by atoms with Gasteiger partial charge in [0.15, 0.2) is 11.5 Å². The van der Waals surface area contributed by atoms with Crippen LogP contribution >= 0.6 is 0 Å². The quantitative estimate of drug-likeness (QED) is 0.783. The molecular formula is C21H23NO3. The van der Waals surface area contributed by atoms with Crippen LogP contribution in [0.5, 0.6) is 11.5 Å². The lowest BCUT2D eigenvalue weighted by Crippen LogP contribution is -2.04. The molecule has 0 bridgehead atoms. The van der Waals surface area contributed by atoms with E-state index in [1.165, 1.54) is 0 Å². The predicted octanol–water partition coefficient (Wildman–Crippen LogP) is 4.61. The second-order valence-corrected chi connectivity index (χ2v) is 6.50. The van der Waals surface area contributed by atoms with Crippen LogP contribution in [0.4, 0.5) is 5.69 Å². The van der Waals surface area contributed by atoms with Crippen molar-refractivity contribution in [3.63, 3.8) is 0 Å². The summed E-state index contributed by atoms with van der Waals surface area (Å²) in [5.41, 5.74) is 3.32. The first kappa shape index (κ1) is 17.1. The van der Waals surface area contributed by atoms with Gasteiger partial charge in [0.05, 0.1) is 13.7 Å². The first-order valence-electron chi connectivity index (χ1n) is 8.51. The number of hydrogen-bond donors (Lipinski definition) is 1. The average molecular weight is 337 g/mol. The van der Waals surface area contributed by atoms with Gasteiger partial charge in [-0.3, -0.25) is 4.79 Å². The fourth-order valence-corrected chi connectivity index (χ4v) is 2.75. The van der Waals surface area contributed by atoms with Crippen LogP contribution in [0, 0.1) is 5.92 Å². The van der Waals surface area contributed by atoms with Crippen molar-refractivity contribution in [1.29, 1.82) is 0 Å². The highest BCUT2D eigenvalue weighted by atomic mass is 16.5. The average Bonchev–Trinajstić information content (AvgIpc) is 2.91. The number of methoxy groups -OCH3 is 1. The van der Waals surface area contributed by atoms with E-state index >= 15 is 0 Å². The minimum absolute atomic E-state index is 0.0857. The lowest BCUT2D eigenvalue weighted by atomic mass is 10.0. The van der Waals surface area contributed by atoms with Crippen LogP contribution in [0.2, 0.25) is 0 Å². The number of rotatable bonds is 6. The highest BCUT2D eigenvalue weighted by molar-refractivity contribution is 6.34. The summed E-state index contributed by atoms with van der Waals surface area (Å²) < 4.78 is 11.3. The van der Waals surface area contributed by atoms with Crippen molar-refractivity contribution < 1.29 is 14.3 Å². The summed E-state index contributed by atoms with van der Waals surface area (Å²) in [6.07, 6.45) is 2.87. The fourth-order valence-electron chi connectivity index (χ4n) is 2.75. The Morgan fingerprint density at radius 3 is 2.68 bits per heavy atom. The molecule has 4 nitrogen and oxygen atoms in total. The SMILES string of the molecule is COc1cc(/C=C2/C(=O)Nc3ccccc32)ccc1OCCC(C)C. The fraction of sp³-hybridized carbons (Fsp3) is 0.286. The number of carbonyl (C=O) groups is 1. The Morgan fingerprint density at radius 1 is 1.12 bits per heavy atom. The zero-order valence-corrected chi connectivity index (χ0v) is 14.8. The normalized spacial score (nSPS) is 14.6. The summed E-state index contributed by atoms with van der Waals surface area (Å²) in [7, 11) is 1.62. The summed E-state index contributed by atoms with van der Waals surface area (Å²) in [5, 5.41) is 2.88. The number of para-hydroxylation sites is 1. The molecule has 0 fully saturated rings. The Bertz CT molecular complexity index is 809. The molecule has 25 heavy (non-hydrogen) atoms. The van der Waals surface area contributed by atoms with Gasteiger partial charge in [0, 0.05) is 16.8 Å². The highest BCUT2D eigenvalue weighted by Crippen LogP contribution is 2.34. The molecule has 1 aliphatic heterocycles. The van der Waals surface area contributed by atoms with Crippen molar-refractivity contribution in [1.82, 2.24) is 0 Å². The number of anilines is 1. The number of ether oxygens (including phenoxy) is 2. The van der Waals surface area contributed by atoms with Crippen molar-refractivity contribution in [3.05, 3.63) is 53.6 Å². The molecular weight excluding hydrogens is 314 g/mol. The Hall–Kier alpha value is -2.75. The maximum atomic E-state index is 12.2. The van der Waals surface area contributed by atoms with Crippen LogP contribution in [0.25, 0.3) is 11.6 Å². The van der Waals surface area contributed by atoms with Gasteiger partial charge in [-0.1, -0.05) is 38.1 Å². The van der Waals surface area contributed by atoms with Crippen LogP contribution in [0.1, 0.15) is 31.4 Å². The molecule has 0 spiro atoms. The molecule has 0 saturated carbocycles. The van der Waals surface area contributed by atoms with Crippen molar-refractivity contribution >= 4 is 23.2 Å². The van der Waals surface area contributed by atoms with Gasteiger partial charge in [-0.05, 0) is 42.2 Å². The minimum atomic E-state index is -0.0857. The lowest BCUT2D eigenvalue weighted by Gasteiger charge is -2.12. The van der Waals surface area contributed by atoms with Crippen molar-refractivity contribution in [2.75, 3.05) is 19.0 Å². The summed E-state index contributed by atoms with van der Waals surface area (Å²) in [5.74, 6) is 1.90. The van der Waals surface area contributed by atoms with Crippen LogP contribution in [-0.2, 0) is 4.79 Å². The molecule has 0 atom stereocenters. The molecule has 2 aromatic carbocycles. The van der Waals surface area contributed by atoms with E-state index in [1.54, 1.807) is 7.11 Å². The molecule has 4 heteroatoms. The van der Waals surface area contributed by atoms with Gasteiger partial charge >= 0.3 is 0 Å². The zero-order valence-electron chi connectivity index (χ0n) is 14.8. The molecule has 1 aliphatic rings. The van der Waals surface area contributed by atoms with Crippen molar-refractivity contribution in [2.24, 2.45) is 5.92 Å². The smallest absolute Gasteiger partial charge is 0.256 e. The number of carbonyl (C=O) groups excluding carboxylic acids is 1. The van der Waals surface area contributed by atoms with Gasteiger partial charge in [0.2, 0.25) is 0 Å². The Kier molecular flexibility index (Phi) is 5.08. The maximum absolute atomic E-state index is 12.2. The van der Waals surface area contributed by atoms with Gasteiger partial charge in [0.1, 0.15) is 0 Å². The van der Waals surface area contributed by atoms with Crippen LogP contribution in [-0.4, -0.2) is 19.6 Å². The van der Waals surface area contributed by atoms with Crippen molar-refractivity contribution in [3.8, 4) is 11.5 Å². The standard InChI is InChI=1S/C21H23NO3/c1-14(2)10-11-25-19-9-8-15(13-20(19)24-3)12-17-16-6-4-5-7-18(16)22-21(17)23/h4-9,12-14H,10-11H2,1-3H3,(H,22,23)/b17-12+. The molecule has 1 amide bonds. The third-order valence-electron chi connectivity index (χ3n) is 4.16. The second kappa shape index (κ2) is 7.43. The summed E-state index contributed by atoms with van der Waals surface area (Å²) in [4.78, 5) is 12.2. The largest absolute Gasteiger partial charge is 0.493 e. The lowest BCUT2D eigenvalue weighted by molar-refractivity contribution is -0.110. The Morgan fingerprint density at radius 2 is 1.92 bits per heavy atom. The molecule has 1 heterocycles. The first-order chi connectivity index (χ1) is 12.1. The Balaban J connectivity index is 1.85. The minimum Gasteiger partial charge on any atom is -0.493 e. The van der Waals surface area contributed by atoms with Crippen LogP contribution in [0.3, 0.4) is 0 Å². The van der Waals surface area contributed by atoms with E-state index < -0.39 is 0 Å². The number of benzene rings is 2. The van der Waals surface area contributed by atoms with E-state index in [1.807, 2.05) is 48.5 Å². The number of fused-ring (bicyclic) bond motifs is 1. The van der Waals surface area contributed by atoms with Crippen LogP contribution < -0.4 is 14.8 Å². The molecule has 0 radical (unpaired) electrons. The van der Waals surface area contributed by atoms with E-state index in [4.69, 9.17) is 9.47 Å². The van der Waals surface area contributed by atoms with Gasteiger partial charge < -0.3 is 14.8 Å². The summed E-state index contributed by atoms with van der Waals surface area (Å²) in [6.45, 7) is 4.99. The van der Waals surface area contributed by atoms with E-state index in [0.717, 1.165) is 29.0 Å². The molecule has 1 N–H and O–H groups in total. The van der Waals surface area contributed by atoms with E-state index in [2.05, 4.69) is 19.2 Å². The first-order valence-corrected chi connectivity index (χ1v) is 8.51. The molecule has 0 aromatic heterocycles. The Labute approximate surface area is 148 Å². The number of amides is 1. The molecule has 130 valence electrons. The third-order valence-corrected chi connectivity index (χ3v) is 4.16. The second-order valence-electron chi connectivity index (χ2n) is 6.50. The molecule has 0 saturated heterocycles. The third kappa shape index (κ3) is 3.85. The highest BCUT2D eigenvalue weighted by Gasteiger charge is 2.23. The van der Waals surface area contributed by atoms with Gasteiger partial charge in [0.25, 0.3) is 5.91 Å². The monoisotopic (exact) mass is 337 g/mol. The van der Waals surface area contributed by atoms with E-state index in [-0.39, 0.29) is 5.91 Å². The van der Waals surface area contributed by atoms with Gasteiger partial charge in [-0.25, -0.2) is 0 Å². The topological polar surface area (TPSA) is 47.6 Å². The zero-order chi connectivity index (χ0) is 17.8. The summed E-state index contributed by atoms with van der Waals surface area (Å²) >= 11 is 0. The molecule has 2 aromatic rings. The maximum Gasteiger partial charge on any atom is 0.256 e. The molecule has 3 rings (SSSR count). The van der Waals surface area contributed by atoms with Gasteiger partial charge in [-0.15, -0.1) is 0 Å². The molecule has 0 aliphatic carbocycles. The van der Waals surface area contributed by atoms with Crippen molar-refractivity contribution in [2.45, 2.75) is 20.3 Å². The number of hydrogen-bond acceptors (Lipinski definition) is 3. The van der Waals surface area contributed by atoms with E-state index in [9.17, 15) is 4.79 Å².